The SMILES string of the molecule is Cc1ccc2c(c1)c(C(=O)c1noc(-c3ccccc3)n1)c(Cl)n2Cc1ccc(Cl)cc1. The monoisotopic (exact) mass is 461 g/mol. The van der Waals surface area contributed by atoms with E-state index in [1.165, 1.54) is 0 Å². The summed E-state index contributed by atoms with van der Waals surface area (Å²) in [6.45, 7) is 2.46. The first-order valence-electron chi connectivity index (χ1n) is 9.98. The van der Waals surface area contributed by atoms with E-state index in [0.29, 0.717) is 22.3 Å². The van der Waals surface area contributed by atoms with Crippen molar-refractivity contribution in [2.75, 3.05) is 0 Å². The Morgan fingerprint density at radius 1 is 1.00 bits per heavy atom. The maximum absolute atomic E-state index is 13.4. The van der Waals surface area contributed by atoms with Crippen LogP contribution in [-0.4, -0.2) is 20.5 Å². The van der Waals surface area contributed by atoms with Crippen LogP contribution < -0.4 is 0 Å². The number of carbonyl (C=O) groups is 1. The molecule has 32 heavy (non-hydrogen) atoms. The second-order valence-corrected chi connectivity index (χ2v) is 8.31. The fraction of sp³-hybridized carbons (Fsp3) is 0.0800. The van der Waals surface area contributed by atoms with E-state index in [9.17, 15) is 4.79 Å². The van der Waals surface area contributed by atoms with Crippen molar-refractivity contribution in [2.45, 2.75) is 13.5 Å². The van der Waals surface area contributed by atoms with Crippen molar-refractivity contribution in [1.29, 1.82) is 0 Å². The van der Waals surface area contributed by atoms with Gasteiger partial charge in [0.15, 0.2) is 0 Å². The van der Waals surface area contributed by atoms with Gasteiger partial charge in [-0.1, -0.05) is 70.3 Å². The molecular weight excluding hydrogens is 445 g/mol. The fourth-order valence-corrected chi connectivity index (χ4v) is 4.17. The summed E-state index contributed by atoms with van der Waals surface area (Å²) >= 11 is 12.8. The van der Waals surface area contributed by atoms with Gasteiger partial charge in [-0.15, -0.1) is 0 Å². The number of ketones is 1. The molecule has 0 radical (unpaired) electrons. The van der Waals surface area contributed by atoms with Crippen molar-refractivity contribution >= 4 is 39.9 Å². The topological polar surface area (TPSA) is 60.9 Å². The molecule has 158 valence electrons. The first-order valence-corrected chi connectivity index (χ1v) is 10.7. The van der Waals surface area contributed by atoms with Gasteiger partial charge in [-0.05, 0) is 48.9 Å². The van der Waals surface area contributed by atoms with Gasteiger partial charge >= 0.3 is 0 Å². The van der Waals surface area contributed by atoms with E-state index in [2.05, 4.69) is 10.1 Å². The number of halogens is 2. The minimum absolute atomic E-state index is 0.0298. The molecule has 0 bridgehead atoms. The second kappa shape index (κ2) is 8.26. The molecule has 0 unspecified atom stereocenters. The lowest BCUT2D eigenvalue weighted by atomic mass is 10.1. The van der Waals surface area contributed by atoms with E-state index in [1.54, 1.807) is 0 Å². The summed E-state index contributed by atoms with van der Waals surface area (Å²) in [5, 5.41) is 5.67. The Balaban J connectivity index is 1.60. The number of aromatic nitrogens is 3. The van der Waals surface area contributed by atoms with Gasteiger partial charge in [0.25, 0.3) is 5.89 Å². The van der Waals surface area contributed by atoms with Crippen LogP contribution in [0.2, 0.25) is 10.2 Å². The Hall–Kier alpha value is -3.41. The molecule has 0 saturated heterocycles. The molecule has 0 aliphatic rings. The highest BCUT2D eigenvalue weighted by Crippen LogP contribution is 2.33. The summed E-state index contributed by atoms with van der Waals surface area (Å²) < 4.78 is 7.25. The number of hydrogen-bond acceptors (Lipinski definition) is 4. The summed E-state index contributed by atoms with van der Waals surface area (Å²) in [5.74, 6) is -0.129. The first kappa shape index (κ1) is 20.5. The van der Waals surface area contributed by atoms with Crippen LogP contribution in [0.3, 0.4) is 0 Å². The predicted molar refractivity (Wildman–Crippen MR) is 125 cm³/mol. The molecule has 2 heterocycles. The molecule has 7 heteroatoms. The Kier molecular flexibility index (Phi) is 5.29. The quantitative estimate of drug-likeness (QED) is 0.277. The third kappa shape index (κ3) is 3.70. The van der Waals surface area contributed by atoms with Crippen LogP contribution in [0.15, 0.2) is 77.3 Å². The van der Waals surface area contributed by atoms with Gasteiger partial charge in [0.1, 0.15) is 5.15 Å². The largest absolute Gasteiger partial charge is 0.333 e. The van der Waals surface area contributed by atoms with Crippen molar-refractivity contribution in [1.82, 2.24) is 14.7 Å². The highest BCUT2D eigenvalue weighted by molar-refractivity contribution is 6.37. The lowest BCUT2D eigenvalue weighted by Crippen LogP contribution is -2.05. The van der Waals surface area contributed by atoms with E-state index >= 15 is 0 Å². The molecule has 0 aliphatic carbocycles. The minimum Gasteiger partial charge on any atom is -0.333 e. The summed E-state index contributed by atoms with van der Waals surface area (Å²) in [7, 11) is 0. The lowest BCUT2D eigenvalue weighted by Gasteiger charge is -2.08. The average Bonchev–Trinajstić information content (AvgIpc) is 3.39. The molecule has 5 rings (SSSR count). The molecule has 2 aromatic heterocycles. The zero-order valence-corrected chi connectivity index (χ0v) is 18.6. The Morgan fingerprint density at radius 3 is 2.50 bits per heavy atom. The zero-order chi connectivity index (χ0) is 22.2. The van der Waals surface area contributed by atoms with Gasteiger partial charge in [-0.3, -0.25) is 4.79 Å². The van der Waals surface area contributed by atoms with Crippen molar-refractivity contribution in [3.63, 3.8) is 0 Å². The molecule has 0 amide bonds. The van der Waals surface area contributed by atoms with Crippen LogP contribution in [0.1, 0.15) is 27.3 Å². The normalized spacial score (nSPS) is 11.2. The van der Waals surface area contributed by atoms with E-state index in [0.717, 1.165) is 27.6 Å². The van der Waals surface area contributed by atoms with Crippen LogP contribution in [-0.2, 0) is 6.54 Å². The third-order valence-electron chi connectivity index (χ3n) is 5.29. The average molecular weight is 462 g/mol. The molecule has 0 atom stereocenters. The van der Waals surface area contributed by atoms with Gasteiger partial charge in [0.2, 0.25) is 11.6 Å². The van der Waals surface area contributed by atoms with Gasteiger partial charge in [0, 0.05) is 22.5 Å². The molecule has 0 aliphatic heterocycles. The van der Waals surface area contributed by atoms with E-state index in [1.807, 2.05) is 84.3 Å². The van der Waals surface area contributed by atoms with E-state index < -0.39 is 0 Å². The van der Waals surface area contributed by atoms with Crippen molar-refractivity contribution in [3.8, 4) is 11.5 Å². The van der Waals surface area contributed by atoms with Crippen molar-refractivity contribution in [3.05, 3.63) is 105 Å². The maximum Gasteiger partial charge on any atom is 0.258 e. The third-order valence-corrected chi connectivity index (χ3v) is 5.93. The molecule has 3 aromatic carbocycles. The summed E-state index contributed by atoms with van der Waals surface area (Å²) in [5.41, 5.74) is 3.99. The van der Waals surface area contributed by atoms with Crippen LogP contribution in [0.5, 0.6) is 0 Å². The maximum atomic E-state index is 13.4. The zero-order valence-electron chi connectivity index (χ0n) is 17.0. The van der Waals surface area contributed by atoms with Gasteiger partial charge in [-0.2, -0.15) is 4.98 Å². The highest BCUT2D eigenvalue weighted by atomic mass is 35.5. The smallest absolute Gasteiger partial charge is 0.258 e. The van der Waals surface area contributed by atoms with E-state index in [-0.39, 0.29) is 17.5 Å². The first-order chi connectivity index (χ1) is 15.5. The minimum atomic E-state index is -0.383. The molecule has 5 nitrogen and oxygen atoms in total. The number of nitrogens with zero attached hydrogens (tertiary/aromatic N) is 3. The Morgan fingerprint density at radius 2 is 1.75 bits per heavy atom. The summed E-state index contributed by atoms with van der Waals surface area (Å²) in [6.07, 6.45) is 0. The summed E-state index contributed by atoms with van der Waals surface area (Å²) in [6, 6.07) is 22.8. The Labute approximate surface area is 194 Å². The van der Waals surface area contributed by atoms with Crippen molar-refractivity contribution in [2.24, 2.45) is 0 Å². The molecular formula is C25H17Cl2N3O2. The van der Waals surface area contributed by atoms with Crippen LogP contribution in [0, 0.1) is 6.92 Å². The van der Waals surface area contributed by atoms with Crippen molar-refractivity contribution < 1.29 is 9.32 Å². The number of fused-ring (bicyclic) bond motifs is 1. The standard InChI is InChI=1S/C25H17Cl2N3O2/c1-15-7-12-20-19(13-15)21(23(27)30(20)14-16-8-10-18(26)11-9-16)22(31)24-28-25(32-29-24)17-5-3-2-4-6-17/h2-13H,14H2,1H3. The van der Waals surface area contributed by atoms with Crippen LogP contribution in [0.4, 0.5) is 0 Å². The highest BCUT2D eigenvalue weighted by Gasteiger charge is 2.26. The number of hydrogen-bond donors (Lipinski definition) is 0. The van der Waals surface area contributed by atoms with Crippen LogP contribution >= 0.6 is 23.2 Å². The van der Waals surface area contributed by atoms with Crippen LogP contribution in [0.25, 0.3) is 22.4 Å². The number of benzene rings is 3. The van der Waals surface area contributed by atoms with E-state index in [4.69, 9.17) is 27.7 Å². The molecule has 0 saturated carbocycles. The van der Waals surface area contributed by atoms with Gasteiger partial charge in [0.05, 0.1) is 11.1 Å². The van der Waals surface area contributed by atoms with Gasteiger partial charge in [-0.25, -0.2) is 0 Å². The predicted octanol–water partition coefficient (Wildman–Crippen LogP) is 6.59. The lowest BCUT2D eigenvalue weighted by molar-refractivity contribution is 0.102. The molecule has 5 aromatic rings. The molecule has 0 fully saturated rings. The number of rotatable bonds is 5. The molecule has 0 N–H and O–H groups in total. The second-order valence-electron chi connectivity index (χ2n) is 7.52. The molecule has 0 spiro atoms. The fourth-order valence-electron chi connectivity index (χ4n) is 3.71. The number of aryl methyl sites for hydroxylation is 1. The van der Waals surface area contributed by atoms with Gasteiger partial charge < -0.3 is 9.09 Å². The number of carbonyl (C=O) groups excluding carboxylic acids is 1. The summed E-state index contributed by atoms with van der Waals surface area (Å²) in [4.78, 5) is 17.8. The Bertz CT molecular complexity index is 1440.